The first-order valence-electron chi connectivity index (χ1n) is 5.47. The molecule has 0 bridgehead atoms. The Kier molecular flexibility index (Phi) is 4.04. The van der Waals surface area contributed by atoms with E-state index >= 15 is 0 Å². The van der Waals surface area contributed by atoms with Crippen LogP contribution in [0.2, 0.25) is 5.02 Å². The molecule has 1 aromatic carbocycles. The van der Waals surface area contributed by atoms with E-state index in [-0.39, 0.29) is 6.10 Å². The second-order valence-electron chi connectivity index (χ2n) is 3.94. The minimum absolute atomic E-state index is 0.117. The van der Waals surface area contributed by atoms with Gasteiger partial charge in [0.15, 0.2) is 0 Å². The molecular formula is C12H16ClNO2. The number of morpholine rings is 1. The van der Waals surface area contributed by atoms with E-state index in [1.165, 1.54) is 0 Å². The zero-order chi connectivity index (χ0) is 11.4. The minimum atomic E-state index is 0.117. The summed E-state index contributed by atoms with van der Waals surface area (Å²) < 4.78 is 11.2. The van der Waals surface area contributed by atoms with Gasteiger partial charge in [-0.1, -0.05) is 17.7 Å². The zero-order valence-corrected chi connectivity index (χ0v) is 10.1. The molecule has 3 nitrogen and oxygen atoms in total. The number of halogens is 1. The summed E-state index contributed by atoms with van der Waals surface area (Å²) in [5.41, 5.74) is 1.13. The highest BCUT2D eigenvalue weighted by Gasteiger charge is 2.14. The Morgan fingerprint density at radius 1 is 1.56 bits per heavy atom. The van der Waals surface area contributed by atoms with Gasteiger partial charge in [-0.2, -0.15) is 0 Å². The smallest absolute Gasteiger partial charge is 0.138 e. The average molecular weight is 242 g/mol. The summed E-state index contributed by atoms with van der Waals surface area (Å²) in [5.74, 6) is 0.724. The van der Waals surface area contributed by atoms with Crippen molar-refractivity contribution in [3.05, 3.63) is 28.8 Å². The maximum atomic E-state index is 6.07. The van der Waals surface area contributed by atoms with Gasteiger partial charge in [0.05, 0.1) is 11.6 Å². The molecule has 1 aliphatic heterocycles. The lowest BCUT2D eigenvalue weighted by Gasteiger charge is -2.23. The molecule has 0 spiro atoms. The molecule has 4 heteroatoms. The van der Waals surface area contributed by atoms with Gasteiger partial charge in [0.2, 0.25) is 0 Å². The zero-order valence-electron chi connectivity index (χ0n) is 9.33. The Morgan fingerprint density at radius 2 is 2.44 bits per heavy atom. The largest absolute Gasteiger partial charge is 0.489 e. The molecule has 2 rings (SSSR count). The summed E-state index contributed by atoms with van der Waals surface area (Å²) in [6.07, 6.45) is 0.117. The first-order valence-corrected chi connectivity index (χ1v) is 5.85. The maximum absolute atomic E-state index is 6.07. The van der Waals surface area contributed by atoms with Crippen LogP contribution in [-0.4, -0.2) is 32.4 Å². The molecule has 1 aromatic rings. The molecule has 1 aliphatic rings. The predicted octanol–water partition coefficient (Wildman–Crippen LogP) is 2.02. The molecule has 0 saturated carbocycles. The fraction of sp³-hybridized carbons (Fsp3) is 0.500. The van der Waals surface area contributed by atoms with Crippen molar-refractivity contribution in [3.8, 4) is 5.75 Å². The molecule has 0 radical (unpaired) electrons. The first-order chi connectivity index (χ1) is 7.75. The van der Waals surface area contributed by atoms with Gasteiger partial charge < -0.3 is 14.8 Å². The summed E-state index contributed by atoms with van der Waals surface area (Å²) in [5, 5.41) is 3.91. The standard InChI is InChI=1S/C12H16ClNO2/c1-9-2-3-12(11(13)6-9)16-8-10-7-14-4-5-15-10/h2-3,6,10,14H,4-5,7-8H2,1H3. The Balaban J connectivity index is 1.88. The number of aryl methyl sites for hydroxylation is 1. The van der Waals surface area contributed by atoms with Gasteiger partial charge in [-0.3, -0.25) is 0 Å². The van der Waals surface area contributed by atoms with Gasteiger partial charge in [-0.15, -0.1) is 0 Å². The summed E-state index contributed by atoms with van der Waals surface area (Å²) in [4.78, 5) is 0. The molecule has 1 heterocycles. The molecule has 1 unspecified atom stereocenters. The van der Waals surface area contributed by atoms with E-state index in [9.17, 15) is 0 Å². The van der Waals surface area contributed by atoms with E-state index in [1.54, 1.807) is 0 Å². The van der Waals surface area contributed by atoms with Gasteiger partial charge in [-0.25, -0.2) is 0 Å². The van der Waals surface area contributed by atoms with Crippen molar-refractivity contribution in [1.29, 1.82) is 0 Å². The number of benzene rings is 1. The van der Waals surface area contributed by atoms with Crippen molar-refractivity contribution in [2.75, 3.05) is 26.3 Å². The Hall–Kier alpha value is -0.770. The summed E-state index contributed by atoms with van der Waals surface area (Å²) in [6.45, 7) is 5.04. The van der Waals surface area contributed by atoms with Crippen molar-refractivity contribution in [1.82, 2.24) is 5.32 Å². The van der Waals surface area contributed by atoms with E-state index in [2.05, 4.69) is 5.32 Å². The van der Waals surface area contributed by atoms with E-state index in [1.807, 2.05) is 25.1 Å². The van der Waals surface area contributed by atoms with Crippen LogP contribution < -0.4 is 10.1 Å². The molecule has 1 fully saturated rings. The third-order valence-electron chi connectivity index (χ3n) is 2.52. The van der Waals surface area contributed by atoms with Crippen LogP contribution >= 0.6 is 11.6 Å². The first kappa shape index (κ1) is 11.7. The Labute approximate surface area is 101 Å². The Bertz CT molecular complexity index is 351. The van der Waals surface area contributed by atoms with Gasteiger partial charge in [0.25, 0.3) is 0 Å². The third kappa shape index (κ3) is 3.11. The van der Waals surface area contributed by atoms with Crippen LogP contribution in [0.5, 0.6) is 5.75 Å². The SMILES string of the molecule is Cc1ccc(OCC2CNCCO2)c(Cl)c1. The molecular weight excluding hydrogens is 226 g/mol. The Morgan fingerprint density at radius 3 is 3.12 bits per heavy atom. The van der Waals surface area contributed by atoms with Gasteiger partial charge in [0, 0.05) is 13.1 Å². The van der Waals surface area contributed by atoms with Crippen LogP contribution in [0, 0.1) is 6.92 Å². The fourth-order valence-corrected chi connectivity index (χ4v) is 1.92. The highest BCUT2D eigenvalue weighted by molar-refractivity contribution is 6.32. The predicted molar refractivity (Wildman–Crippen MR) is 64.3 cm³/mol. The highest BCUT2D eigenvalue weighted by atomic mass is 35.5. The third-order valence-corrected chi connectivity index (χ3v) is 2.81. The quantitative estimate of drug-likeness (QED) is 0.878. The lowest BCUT2D eigenvalue weighted by atomic mass is 10.2. The van der Waals surface area contributed by atoms with Crippen LogP contribution in [0.25, 0.3) is 0 Å². The summed E-state index contributed by atoms with van der Waals surface area (Å²) in [7, 11) is 0. The fourth-order valence-electron chi connectivity index (χ4n) is 1.63. The average Bonchev–Trinajstić information content (AvgIpc) is 2.29. The van der Waals surface area contributed by atoms with Crippen LogP contribution in [0.4, 0.5) is 0 Å². The molecule has 88 valence electrons. The maximum Gasteiger partial charge on any atom is 0.138 e. The second-order valence-corrected chi connectivity index (χ2v) is 4.35. The van der Waals surface area contributed by atoms with E-state index < -0.39 is 0 Å². The minimum Gasteiger partial charge on any atom is -0.489 e. The number of hydrogen-bond donors (Lipinski definition) is 1. The monoisotopic (exact) mass is 241 g/mol. The molecule has 0 aromatic heterocycles. The van der Waals surface area contributed by atoms with Crippen LogP contribution in [0.15, 0.2) is 18.2 Å². The molecule has 1 N–H and O–H groups in total. The van der Waals surface area contributed by atoms with Crippen molar-refractivity contribution >= 4 is 11.6 Å². The number of nitrogens with one attached hydrogen (secondary N) is 1. The van der Waals surface area contributed by atoms with Crippen LogP contribution in [0.3, 0.4) is 0 Å². The summed E-state index contributed by atoms with van der Waals surface area (Å²) >= 11 is 6.07. The second kappa shape index (κ2) is 5.53. The molecule has 0 amide bonds. The number of ether oxygens (including phenoxy) is 2. The lowest BCUT2D eigenvalue weighted by molar-refractivity contribution is 0.000216. The van der Waals surface area contributed by atoms with Gasteiger partial charge in [0.1, 0.15) is 18.5 Å². The topological polar surface area (TPSA) is 30.5 Å². The highest BCUT2D eigenvalue weighted by Crippen LogP contribution is 2.25. The van der Waals surface area contributed by atoms with Crippen molar-refractivity contribution in [2.45, 2.75) is 13.0 Å². The van der Waals surface area contributed by atoms with Crippen LogP contribution in [-0.2, 0) is 4.74 Å². The molecule has 1 atom stereocenters. The normalized spacial score (nSPS) is 20.8. The van der Waals surface area contributed by atoms with Crippen LogP contribution in [0.1, 0.15) is 5.56 Å². The van der Waals surface area contributed by atoms with Crippen molar-refractivity contribution < 1.29 is 9.47 Å². The number of hydrogen-bond acceptors (Lipinski definition) is 3. The van der Waals surface area contributed by atoms with E-state index in [0.29, 0.717) is 11.6 Å². The number of rotatable bonds is 3. The van der Waals surface area contributed by atoms with E-state index in [4.69, 9.17) is 21.1 Å². The lowest BCUT2D eigenvalue weighted by Crippen LogP contribution is -2.41. The van der Waals surface area contributed by atoms with Crippen molar-refractivity contribution in [3.63, 3.8) is 0 Å². The molecule has 16 heavy (non-hydrogen) atoms. The molecule has 0 aliphatic carbocycles. The van der Waals surface area contributed by atoms with Gasteiger partial charge in [-0.05, 0) is 24.6 Å². The van der Waals surface area contributed by atoms with Gasteiger partial charge >= 0.3 is 0 Å². The van der Waals surface area contributed by atoms with Crippen molar-refractivity contribution in [2.24, 2.45) is 0 Å². The summed E-state index contributed by atoms with van der Waals surface area (Å²) in [6, 6.07) is 5.78. The van der Waals surface area contributed by atoms with E-state index in [0.717, 1.165) is 31.0 Å². The molecule has 1 saturated heterocycles.